The highest BCUT2D eigenvalue weighted by molar-refractivity contribution is 6.01. The molecule has 0 saturated heterocycles. The van der Waals surface area contributed by atoms with E-state index in [0.717, 1.165) is 16.7 Å². The number of nitrogens with zero attached hydrogens (tertiary/aromatic N) is 2. The standard InChI is InChI=1S/C28H38N2O5/c1-19(2)17-35-28(33)29(5)15-26-20(3)14-30(21(4)16-31)27(32)25-13-9-8-12-24(25)23-11-7-6-10-22(23)18-34-26/h6-13,19-21,26,31H,14-18H2,1-5H3/t20-,21+,26-/m0/s1. The average Bonchev–Trinajstić information content (AvgIpc) is 2.88. The predicted molar refractivity (Wildman–Crippen MR) is 136 cm³/mol. The highest BCUT2D eigenvalue weighted by Gasteiger charge is 2.31. The Balaban J connectivity index is 1.98. The van der Waals surface area contributed by atoms with E-state index >= 15 is 0 Å². The topological polar surface area (TPSA) is 79.3 Å². The maximum Gasteiger partial charge on any atom is 0.409 e. The lowest BCUT2D eigenvalue weighted by atomic mass is 9.94. The first-order valence-corrected chi connectivity index (χ1v) is 12.3. The summed E-state index contributed by atoms with van der Waals surface area (Å²) in [5, 5.41) is 9.93. The highest BCUT2D eigenvalue weighted by Crippen LogP contribution is 2.31. The van der Waals surface area contributed by atoms with Crippen LogP contribution in [0.2, 0.25) is 0 Å². The summed E-state index contributed by atoms with van der Waals surface area (Å²) in [5.74, 6) is 0.0116. The van der Waals surface area contributed by atoms with Gasteiger partial charge < -0.3 is 24.4 Å². The molecule has 35 heavy (non-hydrogen) atoms. The van der Waals surface area contributed by atoms with Crippen LogP contribution in [-0.2, 0) is 16.1 Å². The van der Waals surface area contributed by atoms with Gasteiger partial charge in [0.1, 0.15) is 0 Å². The van der Waals surface area contributed by atoms with E-state index in [1.54, 1.807) is 11.9 Å². The summed E-state index contributed by atoms with van der Waals surface area (Å²) in [5.41, 5.74) is 3.34. The van der Waals surface area contributed by atoms with Crippen molar-refractivity contribution in [3.8, 4) is 11.1 Å². The lowest BCUT2D eigenvalue weighted by molar-refractivity contribution is -0.0234. The first-order valence-electron chi connectivity index (χ1n) is 12.3. The molecule has 0 fully saturated rings. The van der Waals surface area contributed by atoms with Gasteiger partial charge in [0.25, 0.3) is 5.91 Å². The molecule has 2 aromatic carbocycles. The van der Waals surface area contributed by atoms with Crippen LogP contribution in [0, 0.1) is 11.8 Å². The zero-order valence-electron chi connectivity index (χ0n) is 21.4. The molecule has 2 aromatic rings. The normalized spacial score (nSPS) is 19.4. The van der Waals surface area contributed by atoms with E-state index < -0.39 is 6.09 Å². The number of benzene rings is 2. The van der Waals surface area contributed by atoms with Crippen molar-refractivity contribution in [3.05, 3.63) is 59.7 Å². The van der Waals surface area contributed by atoms with Gasteiger partial charge in [-0.1, -0.05) is 63.2 Å². The van der Waals surface area contributed by atoms with Crippen molar-refractivity contribution in [2.45, 2.75) is 46.4 Å². The van der Waals surface area contributed by atoms with Crippen molar-refractivity contribution in [3.63, 3.8) is 0 Å². The van der Waals surface area contributed by atoms with Crippen LogP contribution in [0.4, 0.5) is 4.79 Å². The fourth-order valence-corrected chi connectivity index (χ4v) is 4.24. The number of hydrogen-bond donors (Lipinski definition) is 1. The van der Waals surface area contributed by atoms with Crippen LogP contribution >= 0.6 is 0 Å². The van der Waals surface area contributed by atoms with Crippen molar-refractivity contribution >= 4 is 12.0 Å². The molecule has 190 valence electrons. The number of aliphatic hydroxyl groups excluding tert-OH is 1. The van der Waals surface area contributed by atoms with Gasteiger partial charge in [0.15, 0.2) is 0 Å². The highest BCUT2D eigenvalue weighted by atomic mass is 16.6. The molecule has 3 rings (SSSR count). The van der Waals surface area contributed by atoms with Crippen LogP contribution in [0.5, 0.6) is 0 Å². The van der Waals surface area contributed by atoms with Gasteiger partial charge in [-0.3, -0.25) is 4.79 Å². The first kappa shape index (κ1) is 26.7. The van der Waals surface area contributed by atoms with E-state index in [4.69, 9.17) is 9.47 Å². The SMILES string of the molecule is CC(C)COC(=O)N(C)C[C@@H]1OCc2ccccc2-c2ccccc2C(=O)N([C@H](C)CO)C[C@@H]1C. The lowest BCUT2D eigenvalue weighted by Gasteiger charge is -2.35. The number of fused-ring (bicyclic) bond motifs is 3. The molecular formula is C28H38N2O5. The molecule has 0 radical (unpaired) electrons. The van der Waals surface area contributed by atoms with Gasteiger partial charge in [-0.2, -0.15) is 0 Å². The Morgan fingerprint density at radius 2 is 1.74 bits per heavy atom. The van der Waals surface area contributed by atoms with Gasteiger partial charge in [0.2, 0.25) is 0 Å². The summed E-state index contributed by atoms with van der Waals surface area (Å²) in [6, 6.07) is 15.1. The Labute approximate surface area is 208 Å². The smallest absolute Gasteiger partial charge is 0.409 e. The fraction of sp³-hybridized carbons (Fsp3) is 0.500. The fourth-order valence-electron chi connectivity index (χ4n) is 4.24. The first-order chi connectivity index (χ1) is 16.7. The second kappa shape index (κ2) is 12.2. The molecule has 0 spiro atoms. The van der Waals surface area contributed by atoms with Crippen LogP contribution in [-0.4, -0.2) is 72.4 Å². The van der Waals surface area contributed by atoms with E-state index in [1.807, 2.05) is 76.2 Å². The molecule has 3 atom stereocenters. The predicted octanol–water partition coefficient (Wildman–Crippen LogP) is 4.44. The third-order valence-corrected chi connectivity index (χ3v) is 6.40. The second-order valence-electron chi connectivity index (χ2n) is 9.87. The quantitative estimate of drug-likeness (QED) is 0.659. The van der Waals surface area contributed by atoms with Gasteiger partial charge in [-0.05, 0) is 35.6 Å². The number of hydrogen-bond acceptors (Lipinski definition) is 5. The Kier molecular flexibility index (Phi) is 9.29. The molecular weight excluding hydrogens is 444 g/mol. The van der Waals surface area contributed by atoms with Gasteiger partial charge in [0, 0.05) is 25.1 Å². The van der Waals surface area contributed by atoms with E-state index in [2.05, 4.69) is 0 Å². The lowest BCUT2D eigenvalue weighted by Crippen LogP contribution is -2.47. The average molecular weight is 483 g/mol. The molecule has 1 aliphatic heterocycles. The summed E-state index contributed by atoms with van der Waals surface area (Å²) >= 11 is 0. The molecule has 7 heteroatoms. The minimum Gasteiger partial charge on any atom is -0.449 e. The Morgan fingerprint density at radius 1 is 1.11 bits per heavy atom. The summed E-state index contributed by atoms with van der Waals surface area (Å²) in [6.45, 7) is 9.09. The summed E-state index contributed by atoms with van der Waals surface area (Å²) < 4.78 is 11.8. The number of carbonyl (C=O) groups is 2. The Hall–Kier alpha value is -2.90. The van der Waals surface area contributed by atoms with Crippen molar-refractivity contribution in [1.82, 2.24) is 9.80 Å². The second-order valence-corrected chi connectivity index (χ2v) is 9.87. The van der Waals surface area contributed by atoms with E-state index in [1.165, 1.54) is 4.90 Å². The Morgan fingerprint density at radius 3 is 2.40 bits per heavy atom. The molecule has 1 N–H and O–H groups in total. The number of amides is 2. The zero-order valence-corrected chi connectivity index (χ0v) is 21.4. The van der Waals surface area contributed by atoms with Crippen molar-refractivity contribution in [1.29, 1.82) is 0 Å². The van der Waals surface area contributed by atoms with Gasteiger partial charge in [-0.15, -0.1) is 0 Å². The molecule has 0 aromatic heterocycles. The molecule has 0 saturated carbocycles. The van der Waals surface area contributed by atoms with Crippen LogP contribution in [0.1, 0.15) is 43.6 Å². The number of aliphatic hydroxyl groups is 1. The molecule has 0 bridgehead atoms. The Bertz CT molecular complexity index is 1010. The van der Waals surface area contributed by atoms with Crippen molar-refractivity contribution < 1.29 is 24.2 Å². The van der Waals surface area contributed by atoms with Gasteiger partial charge in [-0.25, -0.2) is 4.79 Å². The molecule has 7 nitrogen and oxygen atoms in total. The molecule has 0 unspecified atom stereocenters. The molecule has 1 aliphatic rings. The summed E-state index contributed by atoms with van der Waals surface area (Å²) in [4.78, 5) is 29.6. The summed E-state index contributed by atoms with van der Waals surface area (Å²) in [7, 11) is 1.70. The molecule has 0 aliphatic carbocycles. The van der Waals surface area contributed by atoms with E-state index in [9.17, 15) is 14.7 Å². The van der Waals surface area contributed by atoms with E-state index in [0.29, 0.717) is 31.9 Å². The number of likely N-dealkylation sites (N-methyl/N-ethyl adjacent to an activating group) is 1. The number of ether oxygens (including phenoxy) is 2. The van der Waals surface area contributed by atoms with Crippen molar-refractivity contribution in [2.75, 3.05) is 33.4 Å². The third-order valence-electron chi connectivity index (χ3n) is 6.40. The maximum absolute atomic E-state index is 13.8. The van der Waals surface area contributed by atoms with Gasteiger partial charge >= 0.3 is 6.09 Å². The van der Waals surface area contributed by atoms with Crippen LogP contribution < -0.4 is 0 Å². The minimum absolute atomic E-state index is 0.106. The largest absolute Gasteiger partial charge is 0.449 e. The zero-order chi connectivity index (χ0) is 25.5. The monoisotopic (exact) mass is 482 g/mol. The van der Waals surface area contributed by atoms with Crippen LogP contribution in [0.25, 0.3) is 11.1 Å². The number of rotatable bonds is 6. The third kappa shape index (κ3) is 6.61. The maximum atomic E-state index is 13.8. The van der Waals surface area contributed by atoms with E-state index in [-0.39, 0.29) is 36.5 Å². The molecule has 2 amide bonds. The minimum atomic E-state index is -0.395. The number of carbonyl (C=O) groups excluding carboxylic acids is 2. The van der Waals surface area contributed by atoms with Gasteiger partial charge in [0.05, 0.1) is 38.5 Å². The summed E-state index contributed by atoms with van der Waals surface area (Å²) in [6.07, 6.45) is -0.740. The molecule has 1 heterocycles. The van der Waals surface area contributed by atoms with Crippen molar-refractivity contribution in [2.24, 2.45) is 11.8 Å². The van der Waals surface area contributed by atoms with Crippen LogP contribution in [0.3, 0.4) is 0 Å². The van der Waals surface area contributed by atoms with Crippen LogP contribution in [0.15, 0.2) is 48.5 Å².